The number of hydrogen-bond acceptors (Lipinski definition) is 3. The highest BCUT2D eigenvalue weighted by Crippen LogP contribution is 2.21. The maximum absolute atomic E-state index is 13.1. The Balaban J connectivity index is 1.83. The molecular weight excluding hydrogens is 252 g/mol. The van der Waals surface area contributed by atoms with Gasteiger partial charge in [-0.15, -0.1) is 0 Å². The van der Waals surface area contributed by atoms with Crippen molar-refractivity contribution in [2.45, 2.75) is 13.0 Å². The van der Waals surface area contributed by atoms with E-state index in [0.717, 1.165) is 24.1 Å². The van der Waals surface area contributed by atoms with Crippen molar-refractivity contribution in [1.82, 2.24) is 15.1 Å². The second kappa shape index (κ2) is 5.79. The first-order chi connectivity index (χ1) is 9.06. The maximum Gasteiger partial charge on any atom is 0.187 e. The van der Waals surface area contributed by atoms with Gasteiger partial charge in [0.05, 0.1) is 6.20 Å². The van der Waals surface area contributed by atoms with Crippen LogP contribution in [0.1, 0.15) is 11.1 Å². The summed E-state index contributed by atoms with van der Waals surface area (Å²) in [6, 6.07) is 2.24. The highest BCUT2D eigenvalue weighted by molar-refractivity contribution is 5.29. The molecule has 0 atom stereocenters. The minimum atomic E-state index is -0.941. The summed E-state index contributed by atoms with van der Waals surface area (Å²) in [4.78, 5) is 0. The van der Waals surface area contributed by atoms with E-state index in [4.69, 9.17) is 5.11 Å². The van der Waals surface area contributed by atoms with Gasteiger partial charge in [-0.25, -0.2) is 8.78 Å². The molecule has 0 amide bonds. The molecule has 4 nitrogen and oxygen atoms in total. The molecule has 1 aromatic heterocycles. The Hall–Kier alpha value is -1.95. The lowest BCUT2D eigenvalue weighted by Gasteiger charge is -2.06. The van der Waals surface area contributed by atoms with Crippen LogP contribution in [0.15, 0.2) is 24.5 Å². The molecule has 2 rings (SSSR count). The SMILES string of the molecule is Cn1cc(CCNCc2cc(F)c(O)c(F)c2)cn1. The monoisotopic (exact) mass is 267 g/mol. The number of halogens is 2. The Labute approximate surface area is 109 Å². The zero-order valence-corrected chi connectivity index (χ0v) is 10.5. The minimum Gasteiger partial charge on any atom is -0.503 e. The van der Waals surface area contributed by atoms with Crippen molar-refractivity contribution in [3.8, 4) is 5.75 Å². The highest BCUT2D eigenvalue weighted by Gasteiger charge is 2.09. The smallest absolute Gasteiger partial charge is 0.187 e. The molecule has 2 N–H and O–H groups in total. The third-order valence-corrected chi connectivity index (χ3v) is 2.75. The van der Waals surface area contributed by atoms with E-state index >= 15 is 0 Å². The molecule has 1 heterocycles. The van der Waals surface area contributed by atoms with Crippen LogP contribution >= 0.6 is 0 Å². The molecule has 0 spiro atoms. The number of aromatic hydroxyl groups is 1. The van der Waals surface area contributed by atoms with Gasteiger partial charge in [0.2, 0.25) is 0 Å². The Bertz CT molecular complexity index is 546. The van der Waals surface area contributed by atoms with Gasteiger partial charge in [-0.2, -0.15) is 5.10 Å². The fourth-order valence-electron chi connectivity index (χ4n) is 1.79. The van der Waals surface area contributed by atoms with E-state index in [9.17, 15) is 8.78 Å². The maximum atomic E-state index is 13.1. The number of aromatic nitrogens is 2. The molecule has 0 aliphatic heterocycles. The van der Waals surface area contributed by atoms with Crippen LogP contribution in [0.3, 0.4) is 0 Å². The second-order valence-electron chi connectivity index (χ2n) is 4.36. The number of hydrogen-bond donors (Lipinski definition) is 2. The summed E-state index contributed by atoms with van der Waals surface area (Å²) in [5, 5.41) is 16.1. The van der Waals surface area contributed by atoms with Gasteiger partial charge < -0.3 is 10.4 Å². The van der Waals surface area contributed by atoms with E-state index in [1.165, 1.54) is 0 Å². The van der Waals surface area contributed by atoms with Crippen molar-refractivity contribution >= 4 is 0 Å². The Kier molecular flexibility index (Phi) is 4.11. The third kappa shape index (κ3) is 3.51. The lowest BCUT2D eigenvalue weighted by molar-refractivity contribution is 0.395. The molecule has 0 saturated carbocycles. The van der Waals surface area contributed by atoms with Gasteiger partial charge in [-0.3, -0.25) is 4.68 Å². The van der Waals surface area contributed by atoms with Gasteiger partial charge in [-0.1, -0.05) is 0 Å². The molecule has 102 valence electrons. The summed E-state index contributed by atoms with van der Waals surface area (Å²) >= 11 is 0. The zero-order chi connectivity index (χ0) is 13.8. The molecular formula is C13H15F2N3O. The van der Waals surface area contributed by atoms with Crippen LogP contribution in [-0.4, -0.2) is 21.4 Å². The summed E-state index contributed by atoms with van der Waals surface area (Å²) in [6.45, 7) is 1.02. The molecule has 0 aliphatic rings. The van der Waals surface area contributed by atoms with Crippen molar-refractivity contribution in [2.24, 2.45) is 7.05 Å². The molecule has 0 unspecified atom stereocenters. The van der Waals surface area contributed by atoms with Crippen molar-refractivity contribution in [1.29, 1.82) is 0 Å². The van der Waals surface area contributed by atoms with Crippen LogP contribution in [0.4, 0.5) is 8.78 Å². The fraction of sp³-hybridized carbons (Fsp3) is 0.308. The first kappa shape index (κ1) is 13.5. The van der Waals surface area contributed by atoms with Crippen molar-refractivity contribution in [2.75, 3.05) is 6.54 Å². The average molecular weight is 267 g/mol. The number of nitrogens with zero attached hydrogens (tertiary/aromatic N) is 2. The predicted octanol–water partition coefficient (Wildman–Crippen LogP) is 1.74. The van der Waals surface area contributed by atoms with Gasteiger partial charge in [0.15, 0.2) is 17.4 Å². The Morgan fingerprint density at radius 2 is 1.95 bits per heavy atom. The molecule has 0 aliphatic carbocycles. The van der Waals surface area contributed by atoms with E-state index in [1.54, 1.807) is 10.9 Å². The summed E-state index contributed by atoms with van der Waals surface area (Å²) in [5.74, 6) is -2.81. The van der Waals surface area contributed by atoms with Gasteiger partial charge in [0.1, 0.15) is 0 Å². The van der Waals surface area contributed by atoms with Crippen LogP contribution in [-0.2, 0) is 20.0 Å². The van der Waals surface area contributed by atoms with Gasteiger partial charge in [0, 0.05) is 19.8 Å². The fourth-order valence-corrected chi connectivity index (χ4v) is 1.79. The third-order valence-electron chi connectivity index (χ3n) is 2.75. The Morgan fingerprint density at radius 3 is 2.53 bits per heavy atom. The molecule has 1 aromatic carbocycles. The quantitative estimate of drug-likeness (QED) is 0.811. The van der Waals surface area contributed by atoms with E-state index in [2.05, 4.69) is 10.4 Å². The van der Waals surface area contributed by atoms with E-state index in [1.807, 2.05) is 13.2 Å². The predicted molar refractivity (Wildman–Crippen MR) is 66.6 cm³/mol. The van der Waals surface area contributed by atoms with Gasteiger partial charge in [-0.05, 0) is 36.2 Å². The van der Waals surface area contributed by atoms with Crippen LogP contribution in [0, 0.1) is 11.6 Å². The highest BCUT2D eigenvalue weighted by atomic mass is 19.1. The Morgan fingerprint density at radius 1 is 1.26 bits per heavy atom. The lowest BCUT2D eigenvalue weighted by Crippen LogP contribution is -2.16. The first-order valence-corrected chi connectivity index (χ1v) is 5.91. The molecule has 0 fully saturated rings. The van der Waals surface area contributed by atoms with Gasteiger partial charge in [0.25, 0.3) is 0 Å². The molecule has 0 saturated heterocycles. The normalized spacial score (nSPS) is 10.9. The number of rotatable bonds is 5. The van der Waals surface area contributed by atoms with Gasteiger partial charge >= 0.3 is 0 Å². The first-order valence-electron chi connectivity index (χ1n) is 5.91. The number of phenols is 1. The standard InChI is InChI=1S/C13H15F2N3O/c1-18-8-9(7-17-18)2-3-16-6-10-4-11(14)13(19)12(15)5-10/h4-5,7-8,16,19H,2-3,6H2,1H3. The van der Waals surface area contributed by atoms with E-state index < -0.39 is 17.4 Å². The molecule has 0 radical (unpaired) electrons. The summed E-state index contributed by atoms with van der Waals surface area (Å²) in [6.07, 6.45) is 4.49. The van der Waals surface area contributed by atoms with Crippen molar-refractivity contribution < 1.29 is 13.9 Å². The van der Waals surface area contributed by atoms with Crippen molar-refractivity contribution in [3.05, 3.63) is 47.3 Å². The average Bonchev–Trinajstić information content (AvgIpc) is 2.77. The second-order valence-corrected chi connectivity index (χ2v) is 4.36. The molecule has 19 heavy (non-hydrogen) atoms. The molecule has 2 aromatic rings. The largest absolute Gasteiger partial charge is 0.503 e. The van der Waals surface area contributed by atoms with Crippen LogP contribution in [0.2, 0.25) is 0 Å². The van der Waals surface area contributed by atoms with Crippen molar-refractivity contribution in [3.63, 3.8) is 0 Å². The minimum absolute atomic E-state index is 0.342. The summed E-state index contributed by atoms with van der Waals surface area (Å²) < 4.78 is 27.9. The number of phenolic OH excluding ortho intramolecular Hbond substituents is 1. The van der Waals surface area contributed by atoms with Crippen LogP contribution in [0.5, 0.6) is 5.75 Å². The molecule has 6 heteroatoms. The summed E-state index contributed by atoms with van der Waals surface area (Å²) in [7, 11) is 1.85. The zero-order valence-electron chi connectivity index (χ0n) is 10.5. The topological polar surface area (TPSA) is 50.1 Å². The lowest BCUT2D eigenvalue weighted by atomic mass is 10.2. The van der Waals surface area contributed by atoms with E-state index in [-0.39, 0.29) is 0 Å². The number of benzene rings is 1. The van der Waals surface area contributed by atoms with E-state index in [0.29, 0.717) is 18.7 Å². The van der Waals surface area contributed by atoms with Crippen LogP contribution < -0.4 is 5.32 Å². The summed E-state index contributed by atoms with van der Waals surface area (Å²) in [5.41, 5.74) is 1.55. The number of nitrogens with one attached hydrogen (secondary N) is 1. The number of aryl methyl sites for hydroxylation is 1. The molecule has 0 bridgehead atoms. The van der Waals surface area contributed by atoms with Crippen LogP contribution in [0.25, 0.3) is 0 Å².